The van der Waals surface area contributed by atoms with Gasteiger partial charge in [-0.2, -0.15) is 5.26 Å². The Kier molecular flexibility index (Phi) is 2.58. The molecule has 0 unspecified atom stereocenters. The minimum Gasteiger partial charge on any atom is -0.213 e. The molecule has 4 heteroatoms. The molecule has 3 aromatic rings. The van der Waals surface area contributed by atoms with E-state index in [2.05, 4.69) is 23.0 Å². The van der Waals surface area contributed by atoms with Crippen molar-refractivity contribution in [3.63, 3.8) is 0 Å². The van der Waals surface area contributed by atoms with Gasteiger partial charge in [0.1, 0.15) is 5.52 Å². The minimum absolute atomic E-state index is 0.625. The van der Waals surface area contributed by atoms with Crippen molar-refractivity contribution in [2.24, 2.45) is 0 Å². The van der Waals surface area contributed by atoms with Crippen LogP contribution < -0.4 is 0 Å². The molecule has 1 heterocycles. The van der Waals surface area contributed by atoms with Gasteiger partial charge in [-0.15, -0.1) is 5.10 Å². The summed E-state index contributed by atoms with van der Waals surface area (Å²) in [6.07, 6.45) is 0. The van der Waals surface area contributed by atoms with Crippen LogP contribution in [0.25, 0.3) is 16.7 Å². The Balaban J connectivity index is 2.06. The Bertz CT molecular complexity index is 791. The molecule has 90 valence electrons. The summed E-state index contributed by atoms with van der Waals surface area (Å²) in [5.41, 5.74) is 4.02. The van der Waals surface area contributed by atoms with E-state index < -0.39 is 0 Å². The van der Waals surface area contributed by atoms with Gasteiger partial charge >= 0.3 is 0 Å². The summed E-state index contributed by atoms with van der Waals surface area (Å²) in [7, 11) is 0. The Morgan fingerprint density at radius 2 is 1.84 bits per heavy atom. The molecular weight excluding hydrogens is 236 g/mol. The van der Waals surface area contributed by atoms with Crippen LogP contribution in [0.4, 0.5) is 0 Å². The van der Waals surface area contributed by atoms with Crippen molar-refractivity contribution in [3.05, 3.63) is 66.2 Å². The van der Waals surface area contributed by atoms with Crippen molar-refractivity contribution >= 4 is 16.7 Å². The van der Waals surface area contributed by atoms with Crippen LogP contribution in [-0.2, 0) is 0 Å². The second-order valence-corrected chi connectivity index (χ2v) is 4.13. The van der Waals surface area contributed by atoms with E-state index in [-0.39, 0.29) is 0 Å². The van der Waals surface area contributed by atoms with Gasteiger partial charge in [-0.05, 0) is 29.8 Å². The topological polar surface area (TPSA) is 54.5 Å². The van der Waals surface area contributed by atoms with Crippen LogP contribution in [-0.4, -0.2) is 15.0 Å². The lowest BCUT2D eigenvalue weighted by atomic mass is 10.1. The van der Waals surface area contributed by atoms with Gasteiger partial charge in [0.05, 0.1) is 22.8 Å². The second kappa shape index (κ2) is 4.39. The van der Waals surface area contributed by atoms with Crippen molar-refractivity contribution < 1.29 is 0 Å². The Morgan fingerprint density at radius 3 is 2.58 bits per heavy atom. The molecule has 0 saturated carbocycles. The van der Waals surface area contributed by atoms with Gasteiger partial charge in [0.25, 0.3) is 0 Å². The molecule has 0 N–H and O–H groups in total. The maximum atomic E-state index is 8.79. The fourth-order valence-electron chi connectivity index (χ4n) is 1.93. The number of aromatic nitrogens is 3. The zero-order valence-electron chi connectivity index (χ0n) is 10.1. The fraction of sp³-hybridized carbons (Fsp3) is 0. The molecule has 0 amide bonds. The first-order valence-corrected chi connectivity index (χ1v) is 5.80. The average molecular weight is 246 g/mol. The van der Waals surface area contributed by atoms with Crippen LogP contribution in [0.5, 0.6) is 0 Å². The molecule has 1 aromatic heterocycles. The van der Waals surface area contributed by atoms with E-state index in [1.807, 2.05) is 36.4 Å². The molecular formula is C15H10N4. The maximum absolute atomic E-state index is 8.79. The smallest absolute Gasteiger partial charge is 0.113 e. The summed E-state index contributed by atoms with van der Waals surface area (Å²) in [5, 5.41) is 17.0. The Hall–Kier alpha value is -2.93. The molecule has 2 aromatic carbocycles. The molecule has 0 bridgehead atoms. The van der Waals surface area contributed by atoms with E-state index in [9.17, 15) is 0 Å². The summed E-state index contributed by atoms with van der Waals surface area (Å²) in [6.45, 7) is 4.05. The average Bonchev–Trinajstić information content (AvgIpc) is 2.90. The van der Waals surface area contributed by atoms with Crippen LogP contribution in [0.2, 0.25) is 0 Å². The zero-order chi connectivity index (χ0) is 13.2. The van der Waals surface area contributed by atoms with Crippen molar-refractivity contribution in [3.8, 4) is 6.07 Å². The van der Waals surface area contributed by atoms with E-state index >= 15 is 0 Å². The van der Waals surface area contributed by atoms with Gasteiger partial charge < -0.3 is 0 Å². The quantitative estimate of drug-likeness (QED) is 0.698. The summed E-state index contributed by atoms with van der Waals surface area (Å²) < 4.78 is 1.71. The number of benzene rings is 2. The summed E-state index contributed by atoms with van der Waals surface area (Å²) in [5.74, 6) is 0. The third-order valence-electron chi connectivity index (χ3n) is 2.95. The molecule has 0 radical (unpaired) electrons. The van der Waals surface area contributed by atoms with E-state index in [0.717, 1.165) is 22.3 Å². The highest BCUT2D eigenvalue weighted by molar-refractivity contribution is 5.80. The zero-order valence-corrected chi connectivity index (χ0v) is 10.1. The van der Waals surface area contributed by atoms with Crippen molar-refractivity contribution in [2.45, 2.75) is 0 Å². The molecule has 0 aliphatic heterocycles. The molecule has 0 fully saturated rings. The normalized spacial score (nSPS) is 10.3. The lowest BCUT2D eigenvalue weighted by molar-refractivity contribution is 0.842. The first-order valence-electron chi connectivity index (χ1n) is 5.80. The minimum atomic E-state index is 0.625. The van der Waals surface area contributed by atoms with E-state index in [1.165, 1.54) is 0 Å². The third kappa shape index (κ3) is 1.87. The predicted molar refractivity (Wildman–Crippen MR) is 73.1 cm³/mol. The summed E-state index contributed by atoms with van der Waals surface area (Å²) in [4.78, 5) is 0. The highest BCUT2D eigenvalue weighted by Gasteiger charge is 2.08. The molecule has 0 saturated heterocycles. The second-order valence-electron chi connectivity index (χ2n) is 4.13. The maximum Gasteiger partial charge on any atom is 0.113 e. The number of para-hydroxylation sites is 1. The standard InChI is InChI=1S/C15H10N4/c1-11(13-8-6-12(10-16)7-9-13)19-15-5-3-2-4-14(15)17-18-19/h2-9H,1H2. The third-order valence-corrected chi connectivity index (χ3v) is 2.95. The molecule has 0 spiro atoms. The van der Waals surface area contributed by atoms with Crippen molar-refractivity contribution in [1.29, 1.82) is 5.26 Å². The van der Waals surface area contributed by atoms with Gasteiger partial charge in [-0.25, -0.2) is 4.68 Å². The molecule has 0 aliphatic rings. The van der Waals surface area contributed by atoms with Gasteiger partial charge in [0.2, 0.25) is 0 Å². The molecule has 0 aliphatic carbocycles. The largest absolute Gasteiger partial charge is 0.213 e. The lowest BCUT2D eigenvalue weighted by Crippen LogP contribution is -1.99. The first-order chi connectivity index (χ1) is 9.29. The van der Waals surface area contributed by atoms with Crippen LogP contribution >= 0.6 is 0 Å². The van der Waals surface area contributed by atoms with Crippen molar-refractivity contribution in [1.82, 2.24) is 15.0 Å². The highest BCUT2D eigenvalue weighted by atomic mass is 15.4. The summed E-state index contributed by atoms with van der Waals surface area (Å²) in [6, 6.07) is 17.1. The van der Waals surface area contributed by atoms with E-state index in [0.29, 0.717) is 5.56 Å². The van der Waals surface area contributed by atoms with Crippen LogP contribution in [0, 0.1) is 11.3 Å². The van der Waals surface area contributed by atoms with E-state index in [1.54, 1.807) is 16.8 Å². The molecule has 4 nitrogen and oxygen atoms in total. The SMILES string of the molecule is C=C(c1ccc(C#N)cc1)n1nnc2ccccc21. The molecule has 19 heavy (non-hydrogen) atoms. The number of hydrogen-bond donors (Lipinski definition) is 0. The van der Waals surface area contributed by atoms with Gasteiger partial charge in [0.15, 0.2) is 0 Å². The van der Waals surface area contributed by atoms with E-state index in [4.69, 9.17) is 5.26 Å². The monoisotopic (exact) mass is 246 g/mol. The number of hydrogen-bond acceptors (Lipinski definition) is 3. The number of rotatable bonds is 2. The Labute approximate surface area is 110 Å². The van der Waals surface area contributed by atoms with Crippen LogP contribution in [0.3, 0.4) is 0 Å². The highest BCUT2D eigenvalue weighted by Crippen LogP contribution is 2.19. The van der Waals surface area contributed by atoms with Gasteiger partial charge in [-0.1, -0.05) is 36.1 Å². The summed E-state index contributed by atoms with van der Waals surface area (Å²) >= 11 is 0. The molecule has 3 rings (SSSR count). The lowest BCUT2D eigenvalue weighted by Gasteiger charge is -2.06. The predicted octanol–water partition coefficient (Wildman–Crippen LogP) is 2.82. The number of nitriles is 1. The number of fused-ring (bicyclic) bond motifs is 1. The van der Waals surface area contributed by atoms with Gasteiger partial charge in [0, 0.05) is 0 Å². The van der Waals surface area contributed by atoms with Crippen molar-refractivity contribution in [2.75, 3.05) is 0 Å². The van der Waals surface area contributed by atoms with Crippen LogP contribution in [0.15, 0.2) is 55.1 Å². The molecule has 0 atom stereocenters. The van der Waals surface area contributed by atoms with Gasteiger partial charge in [-0.3, -0.25) is 0 Å². The Morgan fingerprint density at radius 1 is 1.11 bits per heavy atom. The number of nitrogens with zero attached hydrogens (tertiary/aromatic N) is 4. The fourth-order valence-corrected chi connectivity index (χ4v) is 1.93. The first kappa shape index (κ1) is 11.2. The van der Waals surface area contributed by atoms with Crippen LogP contribution in [0.1, 0.15) is 11.1 Å².